The maximum absolute atomic E-state index is 10.3. The van der Waals surface area contributed by atoms with Crippen LogP contribution < -0.4 is 0 Å². The highest BCUT2D eigenvalue weighted by atomic mass is 35.6. The number of hydrogen-bond donors (Lipinski definition) is 1. The second kappa shape index (κ2) is 5.06. The molecule has 0 aliphatic rings. The Morgan fingerprint density at radius 1 is 1.20 bits per heavy atom. The molecule has 0 unspecified atom stereocenters. The van der Waals surface area contributed by atoms with Crippen molar-refractivity contribution in [3.8, 4) is 0 Å². The summed E-state index contributed by atoms with van der Waals surface area (Å²) in [6.45, 7) is 0. The molecule has 1 aromatic rings. The van der Waals surface area contributed by atoms with Crippen molar-refractivity contribution in [1.82, 2.24) is 0 Å². The van der Waals surface area contributed by atoms with Crippen LogP contribution in [-0.4, -0.2) is 11.1 Å². The first kappa shape index (κ1) is 12.6. The first-order valence-electron chi connectivity index (χ1n) is 4.27. The van der Waals surface area contributed by atoms with Gasteiger partial charge in [0.15, 0.2) is 0 Å². The molecule has 0 aliphatic heterocycles. The van der Waals surface area contributed by atoms with Crippen molar-refractivity contribution in [2.75, 3.05) is 0 Å². The third-order valence-corrected chi connectivity index (χ3v) is 2.56. The minimum absolute atomic E-state index is 0.104. The van der Waals surface area contributed by atoms with Crippen molar-refractivity contribution in [1.29, 1.82) is 0 Å². The molecule has 1 aromatic carbocycles. The molecule has 15 heavy (non-hydrogen) atoms. The summed E-state index contributed by atoms with van der Waals surface area (Å²) in [6, 6.07) is 6.90. The van der Waals surface area contributed by atoms with Crippen LogP contribution in [0.4, 0.5) is 0 Å². The predicted octanol–water partition coefficient (Wildman–Crippen LogP) is 3.53. The van der Waals surface area contributed by atoms with Crippen LogP contribution in [0.5, 0.6) is 0 Å². The molecule has 0 aromatic heterocycles. The van der Waals surface area contributed by atoms with Gasteiger partial charge in [0.25, 0.3) is 0 Å². The number of carboxylic acids is 1. The zero-order chi connectivity index (χ0) is 11.5. The fraction of sp³-hybridized carbons (Fsp3) is 0.300. The largest absolute Gasteiger partial charge is 0.481 e. The Labute approximate surface area is 103 Å². The van der Waals surface area contributed by atoms with Gasteiger partial charge >= 0.3 is 5.97 Å². The maximum atomic E-state index is 10.3. The molecule has 82 valence electrons. The van der Waals surface area contributed by atoms with E-state index in [2.05, 4.69) is 0 Å². The standard InChI is InChI=1S/C10H9Cl3O2/c11-10(12,13)8-4-1-7(2-5-8)3-6-9(14)15/h1-2,4-5H,3,6H2,(H,14,15). The zero-order valence-electron chi connectivity index (χ0n) is 7.71. The highest BCUT2D eigenvalue weighted by Gasteiger charge is 2.21. The van der Waals surface area contributed by atoms with Gasteiger partial charge in [-0.05, 0) is 12.0 Å². The average Bonchev–Trinajstić information content (AvgIpc) is 2.14. The van der Waals surface area contributed by atoms with Gasteiger partial charge in [0.05, 0.1) is 0 Å². The lowest BCUT2D eigenvalue weighted by molar-refractivity contribution is -0.136. The highest BCUT2D eigenvalue weighted by Crippen LogP contribution is 2.37. The molecule has 0 atom stereocenters. The van der Waals surface area contributed by atoms with Gasteiger partial charge in [-0.25, -0.2) is 0 Å². The van der Waals surface area contributed by atoms with E-state index in [4.69, 9.17) is 39.9 Å². The second-order valence-corrected chi connectivity index (χ2v) is 5.37. The van der Waals surface area contributed by atoms with Gasteiger partial charge in [-0.15, -0.1) is 0 Å². The highest BCUT2D eigenvalue weighted by molar-refractivity contribution is 6.66. The number of carboxylic acid groups (broad SMARTS) is 1. The van der Waals surface area contributed by atoms with Crippen LogP contribution in [0.25, 0.3) is 0 Å². The Morgan fingerprint density at radius 3 is 2.13 bits per heavy atom. The number of carbonyl (C=O) groups is 1. The SMILES string of the molecule is O=C(O)CCc1ccc(C(Cl)(Cl)Cl)cc1. The number of aryl methyl sites for hydroxylation is 1. The Morgan fingerprint density at radius 2 is 1.73 bits per heavy atom. The normalized spacial score (nSPS) is 11.4. The van der Waals surface area contributed by atoms with Crippen LogP contribution in [0.3, 0.4) is 0 Å². The topological polar surface area (TPSA) is 37.3 Å². The first-order valence-corrected chi connectivity index (χ1v) is 5.41. The van der Waals surface area contributed by atoms with E-state index in [1.165, 1.54) is 0 Å². The number of halogens is 3. The van der Waals surface area contributed by atoms with E-state index in [1.807, 2.05) is 0 Å². The fourth-order valence-electron chi connectivity index (χ4n) is 1.11. The molecule has 0 fully saturated rings. The Kier molecular flexibility index (Phi) is 4.26. The summed E-state index contributed by atoms with van der Waals surface area (Å²) < 4.78 is -1.43. The van der Waals surface area contributed by atoms with Crippen molar-refractivity contribution in [3.05, 3.63) is 35.4 Å². The Bertz CT molecular complexity index is 341. The number of hydrogen-bond acceptors (Lipinski definition) is 1. The number of rotatable bonds is 3. The quantitative estimate of drug-likeness (QED) is 0.851. The lowest BCUT2D eigenvalue weighted by Crippen LogP contribution is -2.01. The van der Waals surface area contributed by atoms with E-state index in [1.54, 1.807) is 24.3 Å². The van der Waals surface area contributed by atoms with Crippen LogP contribution in [0.2, 0.25) is 0 Å². The minimum atomic E-state index is -1.43. The second-order valence-electron chi connectivity index (χ2n) is 3.09. The number of aliphatic carboxylic acids is 1. The summed E-state index contributed by atoms with van der Waals surface area (Å²) in [7, 11) is 0. The maximum Gasteiger partial charge on any atom is 0.303 e. The Balaban J connectivity index is 2.69. The van der Waals surface area contributed by atoms with E-state index in [-0.39, 0.29) is 6.42 Å². The summed E-state index contributed by atoms with van der Waals surface area (Å²) in [4.78, 5) is 10.3. The lowest BCUT2D eigenvalue weighted by Gasteiger charge is -2.11. The van der Waals surface area contributed by atoms with Gasteiger partial charge in [0.1, 0.15) is 0 Å². The molecule has 5 heteroatoms. The summed E-state index contributed by atoms with van der Waals surface area (Å²) in [5.74, 6) is -0.819. The molecule has 0 saturated carbocycles. The van der Waals surface area contributed by atoms with Gasteiger partial charge in [-0.1, -0.05) is 59.1 Å². The van der Waals surface area contributed by atoms with Crippen molar-refractivity contribution in [3.63, 3.8) is 0 Å². The van der Waals surface area contributed by atoms with Crippen LogP contribution in [0.1, 0.15) is 17.5 Å². The molecule has 0 aliphatic carbocycles. The zero-order valence-corrected chi connectivity index (χ0v) is 9.98. The monoisotopic (exact) mass is 266 g/mol. The van der Waals surface area contributed by atoms with Gasteiger partial charge < -0.3 is 5.11 Å². The molecule has 1 N–H and O–H groups in total. The van der Waals surface area contributed by atoms with Gasteiger partial charge in [0.2, 0.25) is 3.79 Å². The molecule has 0 bridgehead atoms. The summed E-state index contributed by atoms with van der Waals surface area (Å²) in [6.07, 6.45) is 0.586. The van der Waals surface area contributed by atoms with E-state index in [0.717, 1.165) is 5.56 Å². The summed E-state index contributed by atoms with van der Waals surface area (Å²) in [5, 5.41) is 8.50. The molecule has 0 radical (unpaired) electrons. The summed E-state index contributed by atoms with van der Waals surface area (Å²) >= 11 is 17.0. The van der Waals surface area contributed by atoms with E-state index >= 15 is 0 Å². The number of benzene rings is 1. The van der Waals surface area contributed by atoms with Crippen molar-refractivity contribution < 1.29 is 9.90 Å². The van der Waals surface area contributed by atoms with Crippen LogP contribution in [0.15, 0.2) is 24.3 Å². The molecular weight excluding hydrogens is 258 g/mol. The van der Waals surface area contributed by atoms with E-state index in [9.17, 15) is 4.79 Å². The lowest BCUT2D eigenvalue weighted by atomic mass is 10.1. The Hall–Kier alpha value is -0.440. The molecule has 0 amide bonds. The smallest absolute Gasteiger partial charge is 0.303 e. The first-order chi connectivity index (χ1) is 6.89. The van der Waals surface area contributed by atoms with E-state index < -0.39 is 9.76 Å². The third kappa shape index (κ3) is 4.29. The molecule has 2 nitrogen and oxygen atoms in total. The number of alkyl halides is 3. The predicted molar refractivity (Wildman–Crippen MR) is 61.6 cm³/mol. The minimum Gasteiger partial charge on any atom is -0.481 e. The van der Waals surface area contributed by atoms with Crippen molar-refractivity contribution in [2.24, 2.45) is 0 Å². The van der Waals surface area contributed by atoms with Gasteiger partial charge in [-0.3, -0.25) is 4.79 Å². The van der Waals surface area contributed by atoms with Gasteiger partial charge in [0, 0.05) is 12.0 Å². The van der Waals surface area contributed by atoms with Crippen LogP contribution >= 0.6 is 34.8 Å². The summed E-state index contributed by atoms with van der Waals surface area (Å²) in [5.41, 5.74) is 1.49. The van der Waals surface area contributed by atoms with Crippen LogP contribution in [0, 0.1) is 0 Å². The van der Waals surface area contributed by atoms with Crippen molar-refractivity contribution in [2.45, 2.75) is 16.6 Å². The third-order valence-electron chi connectivity index (χ3n) is 1.91. The molecule has 0 heterocycles. The molecule has 0 spiro atoms. The van der Waals surface area contributed by atoms with E-state index in [0.29, 0.717) is 12.0 Å². The molecular formula is C10H9Cl3O2. The fourth-order valence-corrected chi connectivity index (χ4v) is 1.49. The molecule has 1 rings (SSSR count). The average molecular weight is 268 g/mol. The van der Waals surface area contributed by atoms with Crippen LogP contribution in [-0.2, 0) is 15.0 Å². The molecule has 0 saturated heterocycles. The van der Waals surface area contributed by atoms with Gasteiger partial charge in [-0.2, -0.15) is 0 Å². The van der Waals surface area contributed by atoms with Crippen molar-refractivity contribution >= 4 is 40.8 Å².